The van der Waals surface area contributed by atoms with Crippen LogP contribution in [-0.4, -0.2) is 0 Å². The summed E-state index contributed by atoms with van der Waals surface area (Å²) in [5.74, 6) is 2.99. The predicted molar refractivity (Wildman–Crippen MR) is 68.5 cm³/mol. The lowest BCUT2D eigenvalue weighted by Gasteiger charge is -2.39. The van der Waals surface area contributed by atoms with Gasteiger partial charge in [-0.2, -0.15) is 0 Å². The van der Waals surface area contributed by atoms with Gasteiger partial charge in [-0.25, -0.2) is 0 Å². The van der Waals surface area contributed by atoms with Gasteiger partial charge in [-0.3, -0.25) is 0 Å². The van der Waals surface area contributed by atoms with Crippen molar-refractivity contribution in [3.05, 3.63) is 35.9 Å². The quantitative estimate of drug-likeness (QED) is 0.632. The van der Waals surface area contributed by atoms with Crippen molar-refractivity contribution in [1.29, 1.82) is 0 Å². The van der Waals surface area contributed by atoms with Gasteiger partial charge in [0.25, 0.3) is 0 Å². The van der Waals surface area contributed by atoms with Crippen LogP contribution in [0, 0.1) is 11.8 Å². The van der Waals surface area contributed by atoms with Crippen LogP contribution in [0.15, 0.2) is 30.3 Å². The highest BCUT2D eigenvalue weighted by Crippen LogP contribution is 2.45. The standard InChI is InChI=1S/C16H22/c1-2-6-13(7-3-1)16-11-10-14-8-4-5-9-15(14)12-16/h1-3,6-7,14-16H,4-5,8-12H2/t14-,15-,16?/m0/s1. The Bertz CT molecular complexity index is 327. The van der Waals surface area contributed by atoms with Crippen molar-refractivity contribution in [1.82, 2.24) is 0 Å². The number of hydrogen-bond donors (Lipinski definition) is 0. The maximum atomic E-state index is 2.33. The second kappa shape index (κ2) is 4.61. The molecule has 2 aliphatic rings. The van der Waals surface area contributed by atoms with Crippen molar-refractivity contribution in [2.75, 3.05) is 0 Å². The van der Waals surface area contributed by atoms with Crippen LogP contribution in [0.4, 0.5) is 0 Å². The van der Waals surface area contributed by atoms with Crippen LogP contribution in [0.2, 0.25) is 0 Å². The maximum absolute atomic E-state index is 2.33. The summed E-state index contributed by atoms with van der Waals surface area (Å²) in [5.41, 5.74) is 1.59. The molecular weight excluding hydrogens is 192 g/mol. The third-order valence-electron chi connectivity index (χ3n) is 4.81. The van der Waals surface area contributed by atoms with Gasteiger partial charge in [-0.15, -0.1) is 0 Å². The third-order valence-corrected chi connectivity index (χ3v) is 4.81. The van der Waals surface area contributed by atoms with E-state index in [1.165, 1.54) is 44.9 Å². The third kappa shape index (κ3) is 2.03. The molecule has 0 aliphatic heterocycles. The first-order valence-electron chi connectivity index (χ1n) is 6.98. The van der Waals surface area contributed by atoms with Gasteiger partial charge >= 0.3 is 0 Å². The SMILES string of the molecule is c1ccc(C2CC[C@@H]3CCCC[C@H]3C2)cc1. The van der Waals surface area contributed by atoms with E-state index < -0.39 is 0 Å². The Morgan fingerprint density at radius 2 is 1.50 bits per heavy atom. The van der Waals surface area contributed by atoms with E-state index in [0.717, 1.165) is 17.8 Å². The molecule has 0 aromatic heterocycles. The van der Waals surface area contributed by atoms with Crippen LogP contribution in [0.5, 0.6) is 0 Å². The second-order valence-electron chi connectivity index (χ2n) is 5.73. The molecule has 1 aromatic carbocycles. The summed E-state index contributed by atoms with van der Waals surface area (Å²) in [7, 11) is 0. The highest BCUT2D eigenvalue weighted by atomic mass is 14.4. The van der Waals surface area contributed by atoms with E-state index in [2.05, 4.69) is 30.3 Å². The highest BCUT2D eigenvalue weighted by molar-refractivity contribution is 5.20. The largest absolute Gasteiger partial charge is 0.0622 e. The first-order valence-corrected chi connectivity index (χ1v) is 6.98. The van der Waals surface area contributed by atoms with E-state index in [9.17, 15) is 0 Å². The molecule has 3 rings (SSSR count). The van der Waals surface area contributed by atoms with Gasteiger partial charge in [0.1, 0.15) is 0 Å². The lowest BCUT2D eigenvalue weighted by molar-refractivity contribution is 0.155. The Hall–Kier alpha value is -0.780. The molecule has 3 atom stereocenters. The molecule has 0 heteroatoms. The van der Waals surface area contributed by atoms with Crippen LogP contribution >= 0.6 is 0 Å². The van der Waals surface area contributed by atoms with Crippen LogP contribution < -0.4 is 0 Å². The van der Waals surface area contributed by atoms with Crippen molar-refractivity contribution in [3.8, 4) is 0 Å². The monoisotopic (exact) mass is 214 g/mol. The molecule has 2 saturated carbocycles. The number of rotatable bonds is 1. The molecule has 0 nitrogen and oxygen atoms in total. The zero-order valence-corrected chi connectivity index (χ0v) is 10.1. The van der Waals surface area contributed by atoms with Crippen molar-refractivity contribution < 1.29 is 0 Å². The van der Waals surface area contributed by atoms with Gasteiger partial charge in [0, 0.05) is 0 Å². The zero-order chi connectivity index (χ0) is 10.8. The maximum Gasteiger partial charge on any atom is -0.0159 e. The fourth-order valence-electron chi connectivity index (χ4n) is 3.90. The Kier molecular flexibility index (Phi) is 2.99. The van der Waals surface area contributed by atoms with Crippen LogP contribution in [0.3, 0.4) is 0 Å². The Balaban J connectivity index is 1.71. The van der Waals surface area contributed by atoms with Crippen molar-refractivity contribution in [2.45, 2.75) is 50.9 Å². The Morgan fingerprint density at radius 1 is 0.750 bits per heavy atom. The number of benzene rings is 1. The Labute approximate surface area is 99.1 Å². The average Bonchev–Trinajstić information content (AvgIpc) is 2.39. The molecular formula is C16H22. The first-order chi connectivity index (χ1) is 7.93. The molecule has 1 aromatic rings. The smallest absolute Gasteiger partial charge is 0.0159 e. The first kappa shape index (κ1) is 10.4. The summed E-state index contributed by atoms with van der Waals surface area (Å²) >= 11 is 0. The van der Waals surface area contributed by atoms with Gasteiger partial charge < -0.3 is 0 Å². The van der Waals surface area contributed by atoms with Crippen LogP contribution in [-0.2, 0) is 0 Å². The highest BCUT2D eigenvalue weighted by Gasteiger charge is 2.32. The molecule has 0 spiro atoms. The summed E-state index contributed by atoms with van der Waals surface area (Å²) in [5, 5.41) is 0. The topological polar surface area (TPSA) is 0 Å². The van der Waals surface area contributed by atoms with E-state index in [1.807, 2.05) is 0 Å². The van der Waals surface area contributed by atoms with E-state index >= 15 is 0 Å². The molecule has 0 saturated heterocycles. The summed E-state index contributed by atoms with van der Waals surface area (Å²) in [4.78, 5) is 0. The molecule has 16 heavy (non-hydrogen) atoms. The fraction of sp³-hybridized carbons (Fsp3) is 0.625. The molecule has 86 valence electrons. The molecule has 0 radical (unpaired) electrons. The molecule has 0 bridgehead atoms. The van der Waals surface area contributed by atoms with Gasteiger partial charge in [0.05, 0.1) is 0 Å². The summed E-state index contributed by atoms with van der Waals surface area (Å²) in [6.07, 6.45) is 10.4. The molecule has 2 fully saturated rings. The summed E-state index contributed by atoms with van der Waals surface area (Å²) in [6.45, 7) is 0. The molecule has 2 aliphatic carbocycles. The van der Waals surface area contributed by atoms with Crippen molar-refractivity contribution in [3.63, 3.8) is 0 Å². The van der Waals surface area contributed by atoms with Crippen LogP contribution in [0.1, 0.15) is 56.4 Å². The fourth-order valence-corrected chi connectivity index (χ4v) is 3.90. The summed E-state index contributed by atoms with van der Waals surface area (Å²) < 4.78 is 0. The number of hydrogen-bond acceptors (Lipinski definition) is 0. The average molecular weight is 214 g/mol. The number of fused-ring (bicyclic) bond motifs is 1. The minimum Gasteiger partial charge on any atom is -0.0622 e. The van der Waals surface area contributed by atoms with Gasteiger partial charge in [-0.1, -0.05) is 56.0 Å². The minimum absolute atomic E-state index is 0.862. The summed E-state index contributed by atoms with van der Waals surface area (Å²) in [6, 6.07) is 11.2. The van der Waals surface area contributed by atoms with E-state index in [1.54, 1.807) is 5.56 Å². The van der Waals surface area contributed by atoms with Gasteiger partial charge in [0.15, 0.2) is 0 Å². The zero-order valence-electron chi connectivity index (χ0n) is 10.1. The Morgan fingerprint density at radius 3 is 2.31 bits per heavy atom. The molecule has 0 amide bonds. The van der Waals surface area contributed by atoms with E-state index in [4.69, 9.17) is 0 Å². The second-order valence-corrected chi connectivity index (χ2v) is 5.73. The minimum atomic E-state index is 0.862. The van der Waals surface area contributed by atoms with Crippen molar-refractivity contribution in [2.24, 2.45) is 11.8 Å². The van der Waals surface area contributed by atoms with Crippen LogP contribution in [0.25, 0.3) is 0 Å². The molecule has 0 heterocycles. The van der Waals surface area contributed by atoms with E-state index in [-0.39, 0.29) is 0 Å². The molecule has 1 unspecified atom stereocenters. The lowest BCUT2D eigenvalue weighted by atomic mass is 9.66. The van der Waals surface area contributed by atoms with Gasteiger partial charge in [0.2, 0.25) is 0 Å². The predicted octanol–water partition coefficient (Wildman–Crippen LogP) is 4.76. The van der Waals surface area contributed by atoms with Crippen molar-refractivity contribution >= 4 is 0 Å². The van der Waals surface area contributed by atoms with Gasteiger partial charge in [-0.05, 0) is 42.6 Å². The molecule has 0 N–H and O–H groups in total. The lowest BCUT2D eigenvalue weighted by Crippen LogP contribution is -2.26. The van der Waals surface area contributed by atoms with E-state index in [0.29, 0.717) is 0 Å². The normalized spacial score (nSPS) is 34.4.